The molecule has 7 heteroatoms. The lowest BCUT2D eigenvalue weighted by atomic mass is 10.3. The van der Waals surface area contributed by atoms with Crippen LogP contribution in [0.2, 0.25) is 0 Å². The average molecular weight is 298 g/mol. The van der Waals surface area contributed by atoms with Crippen LogP contribution in [-0.2, 0) is 14.3 Å². The molecule has 1 atom stereocenters. The number of esters is 1. The van der Waals surface area contributed by atoms with Crippen LogP contribution in [0.5, 0.6) is 0 Å². The highest BCUT2D eigenvalue weighted by molar-refractivity contribution is 7.12. The number of ether oxygens (including phenoxy) is 1. The van der Waals surface area contributed by atoms with Gasteiger partial charge in [-0.25, -0.2) is 4.79 Å². The molecule has 0 aromatic carbocycles. The first-order chi connectivity index (χ1) is 9.54. The number of carbonyl (C=O) groups excluding carboxylic acids is 3. The summed E-state index contributed by atoms with van der Waals surface area (Å²) < 4.78 is 4.77. The van der Waals surface area contributed by atoms with Crippen molar-refractivity contribution in [2.24, 2.45) is 0 Å². The SMILES string of the molecule is CCOC(=O)C(C)NC(=O)CCNC(=O)c1cccs1. The Morgan fingerprint density at radius 1 is 1.40 bits per heavy atom. The summed E-state index contributed by atoms with van der Waals surface area (Å²) in [5, 5.41) is 6.96. The first kappa shape index (κ1) is 16.2. The van der Waals surface area contributed by atoms with Crippen LogP contribution < -0.4 is 10.6 Å². The van der Waals surface area contributed by atoms with Crippen LogP contribution >= 0.6 is 11.3 Å². The van der Waals surface area contributed by atoms with E-state index in [-0.39, 0.29) is 31.4 Å². The van der Waals surface area contributed by atoms with E-state index in [1.165, 1.54) is 11.3 Å². The Hall–Kier alpha value is -1.89. The minimum absolute atomic E-state index is 0.112. The van der Waals surface area contributed by atoms with Gasteiger partial charge < -0.3 is 15.4 Å². The van der Waals surface area contributed by atoms with E-state index in [0.29, 0.717) is 4.88 Å². The van der Waals surface area contributed by atoms with Crippen LogP contribution in [0, 0.1) is 0 Å². The molecule has 1 heterocycles. The van der Waals surface area contributed by atoms with Gasteiger partial charge in [-0.15, -0.1) is 11.3 Å². The number of amides is 2. The van der Waals surface area contributed by atoms with Crippen molar-refractivity contribution in [3.63, 3.8) is 0 Å². The monoisotopic (exact) mass is 298 g/mol. The third-order valence-corrected chi connectivity index (χ3v) is 3.27. The Bertz CT molecular complexity index is 459. The molecule has 6 nitrogen and oxygen atoms in total. The highest BCUT2D eigenvalue weighted by Crippen LogP contribution is 2.07. The number of thiophene rings is 1. The summed E-state index contributed by atoms with van der Waals surface area (Å²) in [5.41, 5.74) is 0. The highest BCUT2D eigenvalue weighted by atomic mass is 32.1. The summed E-state index contributed by atoms with van der Waals surface area (Å²) in [5.74, 6) is -0.980. The first-order valence-corrected chi connectivity index (χ1v) is 7.20. The average Bonchev–Trinajstić information content (AvgIpc) is 2.92. The van der Waals surface area contributed by atoms with Crippen LogP contribution in [0.15, 0.2) is 17.5 Å². The van der Waals surface area contributed by atoms with Crippen molar-refractivity contribution in [3.05, 3.63) is 22.4 Å². The molecule has 0 aliphatic carbocycles. The second kappa shape index (κ2) is 8.31. The van der Waals surface area contributed by atoms with Crippen molar-refractivity contribution in [2.45, 2.75) is 26.3 Å². The summed E-state index contributed by atoms with van der Waals surface area (Å²) in [6.45, 7) is 3.75. The van der Waals surface area contributed by atoms with Crippen molar-refractivity contribution >= 4 is 29.1 Å². The molecule has 0 spiro atoms. The third-order valence-electron chi connectivity index (χ3n) is 2.40. The Balaban J connectivity index is 2.23. The van der Waals surface area contributed by atoms with Gasteiger partial charge in [-0.05, 0) is 25.3 Å². The predicted octanol–water partition coefficient (Wildman–Crippen LogP) is 0.936. The third kappa shape index (κ3) is 5.40. The van der Waals surface area contributed by atoms with E-state index >= 15 is 0 Å². The number of rotatable bonds is 7. The fourth-order valence-electron chi connectivity index (χ4n) is 1.42. The molecule has 1 aromatic heterocycles. The molecule has 0 radical (unpaired) electrons. The Morgan fingerprint density at radius 3 is 2.75 bits per heavy atom. The summed E-state index contributed by atoms with van der Waals surface area (Å²) in [7, 11) is 0. The molecular formula is C13H18N2O4S. The molecule has 20 heavy (non-hydrogen) atoms. The zero-order valence-corrected chi connectivity index (χ0v) is 12.3. The zero-order chi connectivity index (χ0) is 15.0. The normalized spacial score (nSPS) is 11.5. The first-order valence-electron chi connectivity index (χ1n) is 6.32. The lowest BCUT2D eigenvalue weighted by Gasteiger charge is -2.12. The van der Waals surface area contributed by atoms with E-state index < -0.39 is 12.0 Å². The van der Waals surface area contributed by atoms with Gasteiger partial charge in [0.2, 0.25) is 5.91 Å². The van der Waals surface area contributed by atoms with Gasteiger partial charge in [0, 0.05) is 13.0 Å². The molecule has 1 aromatic rings. The standard InChI is InChI=1S/C13H18N2O4S/c1-3-19-13(18)9(2)15-11(16)6-7-14-12(17)10-5-4-8-20-10/h4-5,8-9H,3,6-7H2,1-2H3,(H,14,17)(H,15,16). The highest BCUT2D eigenvalue weighted by Gasteiger charge is 2.16. The Labute approximate surface area is 121 Å². The lowest BCUT2D eigenvalue weighted by molar-refractivity contribution is -0.146. The molecule has 2 amide bonds. The van der Waals surface area contributed by atoms with Gasteiger partial charge in [0.1, 0.15) is 6.04 Å². The van der Waals surface area contributed by atoms with E-state index in [9.17, 15) is 14.4 Å². The smallest absolute Gasteiger partial charge is 0.328 e. The Kier molecular flexibility index (Phi) is 6.72. The van der Waals surface area contributed by atoms with Crippen LogP contribution in [-0.4, -0.2) is 37.0 Å². The van der Waals surface area contributed by atoms with Crippen LogP contribution in [0.25, 0.3) is 0 Å². The van der Waals surface area contributed by atoms with Crippen molar-refractivity contribution in [1.82, 2.24) is 10.6 Å². The van der Waals surface area contributed by atoms with Gasteiger partial charge in [0.15, 0.2) is 0 Å². The fraction of sp³-hybridized carbons (Fsp3) is 0.462. The molecule has 0 fully saturated rings. The van der Waals surface area contributed by atoms with E-state index in [1.807, 2.05) is 5.38 Å². The molecule has 0 saturated carbocycles. The Morgan fingerprint density at radius 2 is 2.15 bits per heavy atom. The van der Waals surface area contributed by atoms with Gasteiger partial charge in [-0.2, -0.15) is 0 Å². The minimum atomic E-state index is -0.685. The van der Waals surface area contributed by atoms with Gasteiger partial charge >= 0.3 is 5.97 Å². The van der Waals surface area contributed by atoms with Gasteiger partial charge in [-0.3, -0.25) is 9.59 Å². The van der Waals surface area contributed by atoms with Crippen LogP contribution in [0.3, 0.4) is 0 Å². The van der Waals surface area contributed by atoms with Crippen molar-refractivity contribution in [2.75, 3.05) is 13.2 Å². The summed E-state index contributed by atoms with van der Waals surface area (Å²) >= 11 is 1.34. The molecule has 0 bridgehead atoms. The summed E-state index contributed by atoms with van der Waals surface area (Å²) in [6.07, 6.45) is 0.112. The maximum absolute atomic E-state index is 11.6. The van der Waals surface area contributed by atoms with Crippen molar-refractivity contribution in [3.8, 4) is 0 Å². The molecule has 0 aliphatic rings. The van der Waals surface area contributed by atoms with Gasteiger partial charge in [-0.1, -0.05) is 6.07 Å². The van der Waals surface area contributed by atoms with E-state index in [4.69, 9.17) is 4.74 Å². The number of nitrogens with one attached hydrogen (secondary N) is 2. The molecule has 0 aliphatic heterocycles. The summed E-state index contributed by atoms with van der Waals surface area (Å²) in [4.78, 5) is 35.1. The molecule has 110 valence electrons. The predicted molar refractivity (Wildman–Crippen MR) is 75.5 cm³/mol. The van der Waals surface area contributed by atoms with Crippen LogP contribution in [0.1, 0.15) is 29.9 Å². The molecule has 0 saturated heterocycles. The molecule has 1 rings (SSSR count). The van der Waals surface area contributed by atoms with Crippen LogP contribution in [0.4, 0.5) is 0 Å². The molecular weight excluding hydrogens is 280 g/mol. The van der Waals surface area contributed by atoms with Gasteiger partial charge in [0.25, 0.3) is 5.91 Å². The molecule has 1 unspecified atom stereocenters. The fourth-order valence-corrected chi connectivity index (χ4v) is 2.06. The van der Waals surface area contributed by atoms with Crippen molar-refractivity contribution < 1.29 is 19.1 Å². The quantitative estimate of drug-likeness (QED) is 0.734. The van der Waals surface area contributed by atoms with E-state index in [1.54, 1.807) is 26.0 Å². The zero-order valence-electron chi connectivity index (χ0n) is 11.5. The largest absolute Gasteiger partial charge is 0.464 e. The summed E-state index contributed by atoms with van der Waals surface area (Å²) in [6, 6.07) is 2.81. The lowest BCUT2D eigenvalue weighted by Crippen LogP contribution is -2.40. The number of hydrogen-bond acceptors (Lipinski definition) is 5. The second-order valence-electron chi connectivity index (χ2n) is 4.02. The maximum Gasteiger partial charge on any atom is 0.328 e. The van der Waals surface area contributed by atoms with E-state index in [0.717, 1.165) is 0 Å². The molecule has 2 N–H and O–H groups in total. The van der Waals surface area contributed by atoms with Crippen molar-refractivity contribution in [1.29, 1.82) is 0 Å². The maximum atomic E-state index is 11.6. The topological polar surface area (TPSA) is 84.5 Å². The van der Waals surface area contributed by atoms with E-state index in [2.05, 4.69) is 10.6 Å². The second-order valence-corrected chi connectivity index (χ2v) is 4.97. The number of carbonyl (C=O) groups is 3. The van der Waals surface area contributed by atoms with Gasteiger partial charge in [0.05, 0.1) is 11.5 Å². The number of hydrogen-bond donors (Lipinski definition) is 2. The minimum Gasteiger partial charge on any atom is -0.464 e.